The van der Waals surface area contributed by atoms with Gasteiger partial charge < -0.3 is 14.5 Å². The van der Waals surface area contributed by atoms with Gasteiger partial charge in [0.1, 0.15) is 5.75 Å². The molecule has 0 unspecified atom stereocenters. The average molecular weight is 360 g/mol. The van der Waals surface area contributed by atoms with Crippen molar-refractivity contribution in [2.24, 2.45) is 0 Å². The summed E-state index contributed by atoms with van der Waals surface area (Å²) in [6.45, 7) is 1.16. The van der Waals surface area contributed by atoms with Gasteiger partial charge in [0, 0.05) is 25.0 Å². The fourth-order valence-electron chi connectivity index (χ4n) is 1.76. The second-order valence-electron chi connectivity index (χ2n) is 4.10. The highest BCUT2D eigenvalue weighted by Crippen LogP contribution is 2.14. The summed E-state index contributed by atoms with van der Waals surface area (Å²) < 4.78 is 5.10. The predicted molar refractivity (Wildman–Crippen MR) is 81.2 cm³/mol. The average Bonchev–Trinajstić information content (AvgIpc) is 2.75. The largest absolute Gasteiger partial charge is 0.497 e. The van der Waals surface area contributed by atoms with Gasteiger partial charge in [-0.3, -0.25) is 4.79 Å². The van der Waals surface area contributed by atoms with E-state index in [1.807, 2.05) is 47.4 Å². The Morgan fingerprint density at radius 3 is 2.78 bits per heavy atom. The molecule has 0 aromatic heterocycles. The van der Waals surface area contributed by atoms with Crippen LogP contribution >= 0.6 is 24.0 Å². The summed E-state index contributed by atoms with van der Waals surface area (Å²) in [6.07, 6.45) is 3.89. The molecule has 2 rings (SSSR count). The first-order chi connectivity index (χ1) is 8.19. The van der Waals surface area contributed by atoms with Crippen LogP contribution in [0.4, 0.5) is 0 Å². The maximum atomic E-state index is 12.0. The van der Waals surface area contributed by atoms with E-state index in [9.17, 15) is 4.79 Å². The fraction of sp³-hybridized carbons (Fsp3) is 0.308. The lowest BCUT2D eigenvalue weighted by atomic mass is 10.1. The van der Waals surface area contributed by atoms with Crippen molar-refractivity contribution >= 4 is 29.8 Å². The molecule has 0 fully saturated rings. The van der Waals surface area contributed by atoms with Crippen LogP contribution in [-0.2, 0) is 0 Å². The Kier molecular flexibility index (Phi) is 5.46. The molecule has 0 radical (unpaired) electrons. The van der Waals surface area contributed by atoms with E-state index in [1.165, 1.54) is 0 Å². The van der Waals surface area contributed by atoms with Gasteiger partial charge in [-0.15, -0.1) is 24.0 Å². The van der Waals surface area contributed by atoms with E-state index in [4.69, 9.17) is 4.74 Å². The van der Waals surface area contributed by atoms with Gasteiger partial charge in [0.15, 0.2) is 5.78 Å². The molecule has 0 bridgehead atoms. The number of hydrogen-bond acceptors (Lipinski definition) is 4. The molecule has 18 heavy (non-hydrogen) atoms. The Labute approximate surface area is 124 Å². The standard InChI is InChI=1S/C13H16N2O2.HI/c1-14-6-7-15(10-14)9-13(16)11-4-3-5-12(8-11)17-2;/h3-8H,9-10H2,1-2H3;1H. The summed E-state index contributed by atoms with van der Waals surface area (Å²) in [4.78, 5) is 16.0. The van der Waals surface area contributed by atoms with Crippen LogP contribution in [0.2, 0.25) is 0 Å². The molecule has 1 aliphatic rings. The molecule has 0 saturated heterocycles. The molecule has 98 valence electrons. The third-order valence-corrected chi connectivity index (χ3v) is 2.68. The Morgan fingerprint density at radius 1 is 1.39 bits per heavy atom. The molecular weight excluding hydrogens is 343 g/mol. The number of Topliss-reactive ketones (excluding diaryl/α,β-unsaturated/α-hetero) is 1. The van der Waals surface area contributed by atoms with Gasteiger partial charge in [0.25, 0.3) is 0 Å². The molecule has 1 aliphatic heterocycles. The number of hydrogen-bond donors (Lipinski definition) is 0. The van der Waals surface area contributed by atoms with E-state index >= 15 is 0 Å². The van der Waals surface area contributed by atoms with Crippen molar-refractivity contribution < 1.29 is 9.53 Å². The molecule has 0 atom stereocenters. The van der Waals surface area contributed by atoms with Gasteiger partial charge in [0.2, 0.25) is 0 Å². The Balaban J connectivity index is 0.00000162. The van der Waals surface area contributed by atoms with Crippen LogP contribution in [0.5, 0.6) is 5.75 Å². The summed E-state index contributed by atoms with van der Waals surface area (Å²) in [5.74, 6) is 0.814. The van der Waals surface area contributed by atoms with Crippen LogP contribution in [0.1, 0.15) is 10.4 Å². The molecule has 1 heterocycles. The number of ketones is 1. The molecule has 0 saturated carbocycles. The van der Waals surface area contributed by atoms with E-state index in [2.05, 4.69) is 0 Å². The maximum absolute atomic E-state index is 12.0. The van der Waals surface area contributed by atoms with Crippen LogP contribution in [0.15, 0.2) is 36.7 Å². The predicted octanol–water partition coefficient (Wildman–Crippen LogP) is 2.17. The van der Waals surface area contributed by atoms with Crippen molar-refractivity contribution in [1.29, 1.82) is 0 Å². The lowest BCUT2D eigenvalue weighted by molar-refractivity contribution is 0.0948. The van der Waals surface area contributed by atoms with Crippen molar-refractivity contribution in [3.8, 4) is 5.75 Å². The number of methoxy groups -OCH3 is 1. The molecule has 1 aromatic carbocycles. The van der Waals surface area contributed by atoms with Gasteiger partial charge in [-0.25, -0.2) is 0 Å². The highest BCUT2D eigenvalue weighted by Gasteiger charge is 2.14. The highest BCUT2D eigenvalue weighted by molar-refractivity contribution is 14.0. The quantitative estimate of drug-likeness (QED) is 0.609. The second kappa shape index (κ2) is 6.63. The number of ether oxygens (including phenoxy) is 1. The Morgan fingerprint density at radius 2 is 2.17 bits per heavy atom. The minimum absolute atomic E-state index is 0. The summed E-state index contributed by atoms with van der Waals surface area (Å²) >= 11 is 0. The molecule has 4 nitrogen and oxygen atoms in total. The zero-order chi connectivity index (χ0) is 12.3. The third-order valence-electron chi connectivity index (χ3n) is 2.68. The molecule has 1 aromatic rings. The smallest absolute Gasteiger partial charge is 0.182 e. The zero-order valence-electron chi connectivity index (χ0n) is 10.5. The van der Waals surface area contributed by atoms with Crippen LogP contribution < -0.4 is 4.74 Å². The fourth-order valence-corrected chi connectivity index (χ4v) is 1.76. The van der Waals surface area contributed by atoms with E-state index in [1.54, 1.807) is 13.2 Å². The number of benzene rings is 1. The molecule has 5 heteroatoms. The molecular formula is C13H17IN2O2. The van der Waals surface area contributed by atoms with Crippen LogP contribution in [0.3, 0.4) is 0 Å². The van der Waals surface area contributed by atoms with E-state index in [-0.39, 0.29) is 29.8 Å². The summed E-state index contributed by atoms with van der Waals surface area (Å²) in [5.41, 5.74) is 0.687. The molecule has 0 N–H and O–H groups in total. The maximum Gasteiger partial charge on any atom is 0.182 e. The number of carbonyl (C=O) groups excluding carboxylic acids is 1. The molecule has 0 amide bonds. The van der Waals surface area contributed by atoms with E-state index in [0.29, 0.717) is 17.9 Å². The Hall–Kier alpha value is -1.24. The summed E-state index contributed by atoms with van der Waals surface area (Å²) in [7, 11) is 3.58. The van der Waals surface area contributed by atoms with E-state index < -0.39 is 0 Å². The summed E-state index contributed by atoms with van der Waals surface area (Å²) in [6, 6.07) is 7.25. The zero-order valence-corrected chi connectivity index (χ0v) is 12.8. The Bertz CT molecular complexity index is 448. The van der Waals surface area contributed by atoms with Crippen LogP contribution in [-0.4, -0.2) is 43.0 Å². The monoisotopic (exact) mass is 360 g/mol. The first-order valence-corrected chi connectivity index (χ1v) is 5.49. The lowest BCUT2D eigenvalue weighted by Crippen LogP contribution is -2.28. The minimum atomic E-state index is 0. The van der Waals surface area contributed by atoms with E-state index in [0.717, 1.165) is 6.67 Å². The first kappa shape index (κ1) is 14.8. The van der Waals surface area contributed by atoms with Gasteiger partial charge >= 0.3 is 0 Å². The SMILES string of the molecule is COc1cccc(C(=O)CN2C=CN(C)C2)c1.I. The first-order valence-electron chi connectivity index (χ1n) is 5.49. The molecule has 0 spiro atoms. The van der Waals surface area contributed by atoms with Gasteiger partial charge in [0.05, 0.1) is 20.3 Å². The topological polar surface area (TPSA) is 32.8 Å². The number of carbonyl (C=O) groups is 1. The highest BCUT2D eigenvalue weighted by atomic mass is 127. The van der Waals surface area contributed by atoms with Crippen molar-refractivity contribution in [3.05, 3.63) is 42.2 Å². The lowest BCUT2D eigenvalue weighted by Gasteiger charge is -2.17. The molecule has 0 aliphatic carbocycles. The normalized spacial score (nSPS) is 13.4. The van der Waals surface area contributed by atoms with Crippen molar-refractivity contribution in [1.82, 2.24) is 9.80 Å². The summed E-state index contributed by atoms with van der Waals surface area (Å²) in [5, 5.41) is 0. The number of rotatable bonds is 4. The minimum Gasteiger partial charge on any atom is -0.497 e. The van der Waals surface area contributed by atoms with Gasteiger partial charge in [-0.1, -0.05) is 12.1 Å². The van der Waals surface area contributed by atoms with Gasteiger partial charge in [-0.2, -0.15) is 0 Å². The second-order valence-corrected chi connectivity index (χ2v) is 4.10. The van der Waals surface area contributed by atoms with Crippen LogP contribution in [0.25, 0.3) is 0 Å². The van der Waals surface area contributed by atoms with Crippen LogP contribution in [0, 0.1) is 0 Å². The number of halogens is 1. The van der Waals surface area contributed by atoms with Crippen molar-refractivity contribution in [2.75, 3.05) is 27.4 Å². The number of nitrogens with zero attached hydrogens (tertiary/aromatic N) is 2. The van der Waals surface area contributed by atoms with Crippen molar-refractivity contribution in [2.45, 2.75) is 0 Å². The van der Waals surface area contributed by atoms with Gasteiger partial charge in [-0.05, 0) is 12.1 Å². The third kappa shape index (κ3) is 3.63. The van der Waals surface area contributed by atoms with Crippen molar-refractivity contribution in [3.63, 3.8) is 0 Å².